The van der Waals surface area contributed by atoms with Crippen molar-refractivity contribution < 1.29 is 18.0 Å². The zero-order chi connectivity index (χ0) is 20.8. The number of carbonyl (C=O) groups is 1. The molecule has 0 N–H and O–H groups in total. The molecule has 0 aliphatic carbocycles. The standard InChI is InChI=1S/C18H19ClF3N5O2/c19-13-9-23-11(8-12(13)18(20,21)22)10-26-17(29)27-14(4-3-5-15(27)24-26)16(28)25-6-1-2-7-25/h8-9,14H,1-7,10H2/t14-/m0/s1. The van der Waals surface area contributed by atoms with Gasteiger partial charge in [-0.25, -0.2) is 9.48 Å². The van der Waals surface area contributed by atoms with E-state index in [0.717, 1.165) is 36.2 Å². The van der Waals surface area contributed by atoms with E-state index in [2.05, 4.69) is 10.1 Å². The van der Waals surface area contributed by atoms with Gasteiger partial charge in [-0.1, -0.05) is 11.6 Å². The minimum Gasteiger partial charge on any atom is -0.341 e. The lowest BCUT2D eigenvalue weighted by atomic mass is 10.0. The van der Waals surface area contributed by atoms with Crippen molar-refractivity contribution in [3.05, 3.63) is 44.9 Å². The van der Waals surface area contributed by atoms with Crippen molar-refractivity contribution in [2.45, 2.75) is 50.9 Å². The predicted molar refractivity (Wildman–Crippen MR) is 97.6 cm³/mol. The van der Waals surface area contributed by atoms with Crippen LogP contribution in [-0.2, 0) is 23.9 Å². The number of amides is 1. The van der Waals surface area contributed by atoms with Crippen LogP contribution in [0.15, 0.2) is 17.1 Å². The van der Waals surface area contributed by atoms with E-state index in [0.29, 0.717) is 31.8 Å². The Morgan fingerprint density at radius 1 is 1.24 bits per heavy atom. The highest BCUT2D eigenvalue weighted by Gasteiger charge is 2.35. The molecule has 156 valence electrons. The molecule has 7 nitrogen and oxygen atoms in total. The van der Waals surface area contributed by atoms with Gasteiger partial charge in [0.25, 0.3) is 0 Å². The van der Waals surface area contributed by atoms with Crippen LogP contribution in [0, 0.1) is 0 Å². The molecule has 4 heterocycles. The number of hydrogen-bond donors (Lipinski definition) is 0. The largest absolute Gasteiger partial charge is 0.417 e. The summed E-state index contributed by atoms with van der Waals surface area (Å²) in [6.07, 6.45) is -0.00923. The van der Waals surface area contributed by atoms with Crippen molar-refractivity contribution in [3.63, 3.8) is 0 Å². The Balaban J connectivity index is 1.64. The summed E-state index contributed by atoms with van der Waals surface area (Å²) in [5.74, 6) is 0.387. The van der Waals surface area contributed by atoms with Gasteiger partial charge >= 0.3 is 11.9 Å². The molecule has 0 radical (unpaired) electrons. The van der Waals surface area contributed by atoms with E-state index in [1.165, 1.54) is 4.57 Å². The van der Waals surface area contributed by atoms with Crippen LogP contribution in [0.3, 0.4) is 0 Å². The number of pyridine rings is 1. The molecule has 1 amide bonds. The summed E-state index contributed by atoms with van der Waals surface area (Å²) >= 11 is 5.60. The summed E-state index contributed by atoms with van der Waals surface area (Å²) in [7, 11) is 0. The van der Waals surface area contributed by atoms with Gasteiger partial charge in [0, 0.05) is 25.7 Å². The van der Waals surface area contributed by atoms with Crippen molar-refractivity contribution in [2.75, 3.05) is 13.1 Å². The average Bonchev–Trinajstić information content (AvgIpc) is 3.31. The fourth-order valence-electron chi connectivity index (χ4n) is 3.96. The van der Waals surface area contributed by atoms with Crippen molar-refractivity contribution in [3.8, 4) is 0 Å². The maximum absolute atomic E-state index is 13.1. The Hall–Kier alpha value is -2.36. The molecule has 11 heteroatoms. The molecular formula is C18H19ClF3N5O2. The lowest BCUT2D eigenvalue weighted by molar-refractivity contribution is -0.137. The molecule has 0 aromatic carbocycles. The summed E-state index contributed by atoms with van der Waals surface area (Å²) in [5, 5.41) is 3.76. The summed E-state index contributed by atoms with van der Waals surface area (Å²) in [4.78, 5) is 31.4. The van der Waals surface area contributed by atoms with Crippen molar-refractivity contribution in [2.24, 2.45) is 0 Å². The quantitative estimate of drug-likeness (QED) is 0.752. The van der Waals surface area contributed by atoms with Gasteiger partial charge in [0.1, 0.15) is 11.9 Å². The summed E-state index contributed by atoms with van der Waals surface area (Å²) in [5.41, 5.74) is -1.51. The molecule has 2 aromatic rings. The Morgan fingerprint density at radius 2 is 1.97 bits per heavy atom. The van der Waals surface area contributed by atoms with E-state index in [1.807, 2.05) is 0 Å². The average molecular weight is 430 g/mol. The molecule has 0 saturated carbocycles. The first-order valence-electron chi connectivity index (χ1n) is 9.44. The van der Waals surface area contributed by atoms with Gasteiger partial charge in [0.2, 0.25) is 5.91 Å². The Bertz CT molecular complexity index is 994. The first-order chi connectivity index (χ1) is 13.8. The minimum absolute atomic E-state index is 0.0155. The fourth-order valence-corrected chi connectivity index (χ4v) is 4.17. The third kappa shape index (κ3) is 3.77. The Labute approximate surface area is 169 Å². The smallest absolute Gasteiger partial charge is 0.341 e. The number of rotatable bonds is 3. The molecule has 1 saturated heterocycles. The summed E-state index contributed by atoms with van der Waals surface area (Å²) in [6, 6.07) is 0.210. The molecule has 0 bridgehead atoms. The number of likely N-dealkylation sites (tertiary alicyclic amines) is 1. The van der Waals surface area contributed by atoms with Gasteiger partial charge in [0.05, 0.1) is 22.8 Å². The number of carbonyl (C=O) groups excluding carboxylic acids is 1. The SMILES string of the molecule is O=C([C@@H]1CCCc2nn(Cc3cc(C(F)(F)F)c(Cl)cn3)c(=O)n21)N1CCCC1. The van der Waals surface area contributed by atoms with Crippen LogP contribution in [0.4, 0.5) is 13.2 Å². The van der Waals surface area contributed by atoms with E-state index >= 15 is 0 Å². The molecule has 0 spiro atoms. The van der Waals surface area contributed by atoms with E-state index in [4.69, 9.17) is 11.6 Å². The van der Waals surface area contributed by atoms with Gasteiger partial charge < -0.3 is 4.90 Å². The Kier molecular flexibility index (Phi) is 5.14. The number of halogens is 4. The van der Waals surface area contributed by atoms with E-state index in [-0.39, 0.29) is 18.1 Å². The summed E-state index contributed by atoms with van der Waals surface area (Å²) in [6.45, 7) is 1.13. The second-order valence-corrected chi connectivity index (χ2v) is 7.73. The van der Waals surface area contributed by atoms with Gasteiger partial charge in [-0.15, -0.1) is 0 Å². The van der Waals surface area contributed by atoms with E-state index < -0.39 is 28.5 Å². The number of aromatic nitrogens is 4. The number of nitrogens with zero attached hydrogens (tertiary/aromatic N) is 5. The second-order valence-electron chi connectivity index (χ2n) is 7.32. The normalized spacial score (nSPS) is 19.4. The van der Waals surface area contributed by atoms with Crippen molar-refractivity contribution in [1.29, 1.82) is 0 Å². The highest BCUT2D eigenvalue weighted by Crippen LogP contribution is 2.34. The molecule has 2 aliphatic heterocycles. The number of fused-ring (bicyclic) bond motifs is 1. The first kappa shape index (κ1) is 19.9. The van der Waals surface area contributed by atoms with Crippen molar-refractivity contribution >= 4 is 17.5 Å². The van der Waals surface area contributed by atoms with Gasteiger partial charge in [-0.2, -0.15) is 18.3 Å². The van der Waals surface area contributed by atoms with Gasteiger partial charge in [-0.3, -0.25) is 14.3 Å². The lowest BCUT2D eigenvalue weighted by Gasteiger charge is -2.27. The van der Waals surface area contributed by atoms with Gasteiger partial charge in [0.15, 0.2) is 0 Å². The molecule has 29 heavy (non-hydrogen) atoms. The second kappa shape index (κ2) is 7.47. The third-order valence-corrected chi connectivity index (χ3v) is 5.66. The molecule has 1 fully saturated rings. The highest BCUT2D eigenvalue weighted by molar-refractivity contribution is 6.31. The van der Waals surface area contributed by atoms with Crippen LogP contribution in [0.25, 0.3) is 0 Å². The molecular weight excluding hydrogens is 411 g/mol. The van der Waals surface area contributed by atoms with Crippen LogP contribution >= 0.6 is 11.6 Å². The number of hydrogen-bond acceptors (Lipinski definition) is 4. The molecule has 0 unspecified atom stereocenters. The number of aryl methyl sites for hydroxylation is 1. The maximum atomic E-state index is 13.1. The van der Waals surface area contributed by atoms with Crippen LogP contribution in [0.2, 0.25) is 5.02 Å². The van der Waals surface area contributed by atoms with E-state index in [9.17, 15) is 22.8 Å². The molecule has 2 aromatic heterocycles. The van der Waals surface area contributed by atoms with Crippen molar-refractivity contribution in [1.82, 2.24) is 24.2 Å². The van der Waals surface area contributed by atoms with Crippen LogP contribution in [0.5, 0.6) is 0 Å². The first-order valence-corrected chi connectivity index (χ1v) is 9.82. The predicted octanol–water partition coefficient (Wildman–Crippen LogP) is 2.66. The van der Waals surface area contributed by atoms with Crippen LogP contribution < -0.4 is 5.69 Å². The van der Waals surface area contributed by atoms with Crippen LogP contribution in [0.1, 0.15) is 48.8 Å². The number of alkyl halides is 3. The molecule has 2 aliphatic rings. The van der Waals surface area contributed by atoms with Gasteiger partial charge in [-0.05, 0) is 31.7 Å². The highest BCUT2D eigenvalue weighted by atomic mass is 35.5. The summed E-state index contributed by atoms with van der Waals surface area (Å²) < 4.78 is 41.7. The minimum atomic E-state index is -4.62. The zero-order valence-electron chi connectivity index (χ0n) is 15.5. The molecule has 4 rings (SSSR count). The molecule has 1 atom stereocenters. The Morgan fingerprint density at radius 3 is 2.66 bits per heavy atom. The topological polar surface area (TPSA) is 73.0 Å². The lowest BCUT2D eigenvalue weighted by Crippen LogP contribution is -2.41. The third-order valence-electron chi connectivity index (χ3n) is 5.36. The van der Waals surface area contributed by atoms with E-state index in [1.54, 1.807) is 4.90 Å². The monoisotopic (exact) mass is 429 g/mol. The van der Waals surface area contributed by atoms with Crippen LogP contribution in [-0.4, -0.2) is 43.2 Å². The fraction of sp³-hybridized carbons (Fsp3) is 0.556. The maximum Gasteiger partial charge on any atom is 0.417 e. The zero-order valence-corrected chi connectivity index (χ0v) is 16.2.